The third-order valence-electron chi connectivity index (χ3n) is 3.32. The van der Waals surface area contributed by atoms with E-state index in [1.165, 1.54) is 7.11 Å². The van der Waals surface area contributed by atoms with Gasteiger partial charge in [-0.3, -0.25) is 4.79 Å². The summed E-state index contributed by atoms with van der Waals surface area (Å²) in [6.07, 6.45) is 0.472. The lowest BCUT2D eigenvalue weighted by Crippen LogP contribution is -2.33. The molecule has 2 rings (SSSR count). The topological polar surface area (TPSA) is 89.7 Å². The zero-order valence-electron chi connectivity index (χ0n) is 11.3. The van der Waals surface area contributed by atoms with Gasteiger partial charge in [0.15, 0.2) is 9.84 Å². The van der Waals surface area contributed by atoms with Crippen LogP contribution in [-0.2, 0) is 9.84 Å². The molecule has 20 heavy (non-hydrogen) atoms. The van der Waals surface area contributed by atoms with Gasteiger partial charge >= 0.3 is 0 Å². The minimum Gasteiger partial charge on any atom is -0.495 e. The number of sulfone groups is 1. The molecule has 0 aliphatic carbocycles. The van der Waals surface area contributed by atoms with Crippen LogP contribution in [0, 0.1) is 0 Å². The first-order valence-electron chi connectivity index (χ1n) is 6.36. The summed E-state index contributed by atoms with van der Waals surface area (Å²) in [5.41, 5.74) is 6.62. The Morgan fingerprint density at radius 2 is 2.05 bits per heavy atom. The highest BCUT2D eigenvalue weighted by molar-refractivity contribution is 7.91. The molecule has 1 aliphatic rings. The van der Waals surface area contributed by atoms with Crippen LogP contribution in [0.15, 0.2) is 18.2 Å². The third kappa shape index (κ3) is 3.22. The van der Waals surface area contributed by atoms with Gasteiger partial charge in [0.05, 0.1) is 24.3 Å². The Kier molecular flexibility index (Phi) is 4.17. The summed E-state index contributed by atoms with van der Waals surface area (Å²) >= 11 is 0. The molecule has 0 unspecified atom stereocenters. The molecule has 0 atom stereocenters. The van der Waals surface area contributed by atoms with Crippen LogP contribution in [0.4, 0.5) is 5.69 Å². The molecular formula is C13H18N2O4S. The second kappa shape index (κ2) is 5.70. The highest BCUT2D eigenvalue weighted by Gasteiger charge is 2.23. The number of carbonyl (C=O) groups excluding carboxylic acids is 1. The number of benzene rings is 1. The van der Waals surface area contributed by atoms with Crippen molar-refractivity contribution in [3.8, 4) is 5.75 Å². The van der Waals surface area contributed by atoms with E-state index >= 15 is 0 Å². The number of nitrogen functional groups attached to an aromatic ring is 1. The van der Waals surface area contributed by atoms with E-state index in [1.807, 2.05) is 0 Å². The van der Waals surface area contributed by atoms with Gasteiger partial charge in [0.25, 0.3) is 5.91 Å². The number of anilines is 1. The molecule has 6 nitrogen and oxygen atoms in total. The molecule has 1 amide bonds. The Bertz CT molecular complexity index is 613. The Morgan fingerprint density at radius 3 is 2.70 bits per heavy atom. The fourth-order valence-corrected chi connectivity index (χ4v) is 3.46. The number of nitrogens with two attached hydrogens (primary N) is 1. The predicted octanol–water partition coefficient (Wildman–Crippen LogP) is 0.538. The van der Waals surface area contributed by atoms with Crippen molar-refractivity contribution in [2.45, 2.75) is 6.42 Å². The number of hydrogen-bond donors (Lipinski definition) is 1. The van der Waals surface area contributed by atoms with Crippen LogP contribution in [0.5, 0.6) is 5.75 Å². The van der Waals surface area contributed by atoms with E-state index in [1.54, 1.807) is 23.1 Å². The van der Waals surface area contributed by atoms with Gasteiger partial charge in [0, 0.05) is 18.7 Å². The average Bonchev–Trinajstić information content (AvgIpc) is 2.59. The van der Waals surface area contributed by atoms with Gasteiger partial charge in [-0.25, -0.2) is 8.42 Å². The Morgan fingerprint density at radius 1 is 1.30 bits per heavy atom. The smallest absolute Gasteiger partial charge is 0.253 e. The molecule has 7 heteroatoms. The molecule has 0 aromatic heterocycles. The summed E-state index contributed by atoms with van der Waals surface area (Å²) in [4.78, 5) is 13.9. The summed E-state index contributed by atoms with van der Waals surface area (Å²) in [6.45, 7) is 0.678. The lowest BCUT2D eigenvalue weighted by atomic mass is 10.1. The molecule has 0 spiro atoms. The van der Waals surface area contributed by atoms with Gasteiger partial charge in [-0.15, -0.1) is 0 Å². The molecular weight excluding hydrogens is 280 g/mol. The number of nitrogens with zero attached hydrogens (tertiary/aromatic N) is 1. The average molecular weight is 298 g/mol. The quantitative estimate of drug-likeness (QED) is 0.805. The van der Waals surface area contributed by atoms with E-state index < -0.39 is 9.84 Å². The van der Waals surface area contributed by atoms with E-state index in [0.29, 0.717) is 30.0 Å². The molecule has 110 valence electrons. The van der Waals surface area contributed by atoms with Crippen LogP contribution in [0.25, 0.3) is 0 Å². The molecule has 0 radical (unpaired) electrons. The maximum atomic E-state index is 12.4. The molecule has 1 aliphatic heterocycles. The largest absolute Gasteiger partial charge is 0.495 e. The summed E-state index contributed by atoms with van der Waals surface area (Å²) in [7, 11) is -1.52. The van der Waals surface area contributed by atoms with Gasteiger partial charge < -0.3 is 15.4 Å². The van der Waals surface area contributed by atoms with Crippen LogP contribution in [0.1, 0.15) is 16.8 Å². The van der Waals surface area contributed by atoms with Crippen molar-refractivity contribution < 1.29 is 17.9 Å². The minimum absolute atomic E-state index is 0.0182. The van der Waals surface area contributed by atoms with E-state index in [-0.39, 0.29) is 24.0 Å². The van der Waals surface area contributed by atoms with Gasteiger partial charge in [-0.1, -0.05) is 0 Å². The fourth-order valence-electron chi connectivity index (χ4n) is 2.19. The Hall–Kier alpha value is -1.76. The number of amides is 1. The van der Waals surface area contributed by atoms with E-state index in [4.69, 9.17) is 10.5 Å². The normalized spacial score (nSPS) is 18.4. The number of ether oxygens (including phenoxy) is 1. The number of methoxy groups -OCH3 is 1. The molecule has 0 bridgehead atoms. The first-order valence-corrected chi connectivity index (χ1v) is 8.18. The molecule has 1 aromatic rings. The zero-order valence-corrected chi connectivity index (χ0v) is 12.1. The van der Waals surface area contributed by atoms with Crippen molar-refractivity contribution in [2.75, 3.05) is 37.4 Å². The van der Waals surface area contributed by atoms with Crippen LogP contribution in [-0.4, -0.2) is 50.9 Å². The molecule has 0 saturated carbocycles. The lowest BCUT2D eigenvalue weighted by Gasteiger charge is -2.20. The summed E-state index contributed by atoms with van der Waals surface area (Å²) in [6, 6.07) is 4.83. The van der Waals surface area contributed by atoms with Crippen LogP contribution >= 0.6 is 0 Å². The number of rotatable bonds is 2. The number of hydrogen-bond acceptors (Lipinski definition) is 5. The second-order valence-electron chi connectivity index (χ2n) is 4.75. The van der Waals surface area contributed by atoms with Gasteiger partial charge in [0.2, 0.25) is 0 Å². The van der Waals surface area contributed by atoms with Crippen LogP contribution < -0.4 is 10.5 Å². The number of carbonyl (C=O) groups is 1. The van der Waals surface area contributed by atoms with Crippen molar-refractivity contribution in [3.05, 3.63) is 23.8 Å². The zero-order chi connectivity index (χ0) is 14.8. The lowest BCUT2D eigenvalue weighted by molar-refractivity contribution is 0.0768. The van der Waals surface area contributed by atoms with E-state index in [2.05, 4.69) is 0 Å². The first-order chi connectivity index (χ1) is 9.43. The van der Waals surface area contributed by atoms with Crippen molar-refractivity contribution >= 4 is 21.4 Å². The fraction of sp³-hybridized carbons (Fsp3) is 0.462. The highest BCUT2D eigenvalue weighted by atomic mass is 32.2. The SMILES string of the molecule is COc1ccc(C(=O)N2CCCS(=O)(=O)CC2)cc1N. The molecule has 2 N–H and O–H groups in total. The van der Waals surface area contributed by atoms with Gasteiger partial charge in [-0.2, -0.15) is 0 Å². The van der Waals surface area contributed by atoms with E-state index in [0.717, 1.165) is 0 Å². The van der Waals surface area contributed by atoms with Crippen molar-refractivity contribution in [1.82, 2.24) is 4.90 Å². The Balaban J connectivity index is 2.17. The van der Waals surface area contributed by atoms with Crippen LogP contribution in [0.3, 0.4) is 0 Å². The maximum Gasteiger partial charge on any atom is 0.253 e. The first kappa shape index (κ1) is 14.6. The second-order valence-corrected chi connectivity index (χ2v) is 7.06. The minimum atomic E-state index is -3.03. The predicted molar refractivity (Wildman–Crippen MR) is 76.6 cm³/mol. The van der Waals surface area contributed by atoms with Crippen LogP contribution in [0.2, 0.25) is 0 Å². The monoisotopic (exact) mass is 298 g/mol. The highest BCUT2D eigenvalue weighted by Crippen LogP contribution is 2.23. The van der Waals surface area contributed by atoms with Gasteiger partial charge in [-0.05, 0) is 24.6 Å². The summed E-state index contributed by atoms with van der Waals surface area (Å²) in [5, 5.41) is 0. The van der Waals surface area contributed by atoms with Crippen molar-refractivity contribution in [1.29, 1.82) is 0 Å². The molecule has 1 fully saturated rings. The molecule has 1 aromatic carbocycles. The maximum absolute atomic E-state index is 12.4. The Labute approximate surface area is 118 Å². The molecule has 1 saturated heterocycles. The van der Waals surface area contributed by atoms with Gasteiger partial charge in [0.1, 0.15) is 5.75 Å². The van der Waals surface area contributed by atoms with Crippen molar-refractivity contribution in [3.63, 3.8) is 0 Å². The summed E-state index contributed by atoms with van der Waals surface area (Å²) < 4.78 is 28.1. The van der Waals surface area contributed by atoms with E-state index in [9.17, 15) is 13.2 Å². The summed E-state index contributed by atoms with van der Waals surface area (Å²) in [5.74, 6) is 0.475. The molecule has 1 heterocycles. The standard InChI is InChI=1S/C13H18N2O4S/c1-19-12-4-3-10(9-11(12)14)13(16)15-5-2-7-20(17,18)8-6-15/h3-4,9H,2,5-8,14H2,1H3. The third-order valence-corrected chi connectivity index (χ3v) is 5.03. The van der Waals surface area contributed by atoms with Crippen molar-refractivity contribution in [2.24, 2.45) is 0 Å².